The van der Waals surface area contributed by atoms with Crippen LogP contribution in [0.15, 0.2) is 54.6 Å². The van der Waals surface area contributed by atoms with Crippen LogP contribution in [0.5, 0.6) is 5.75 Å². The van der Waals surface area contributed by atoms with Crippen molar-refractivity contribution in [3.63, 3.8) is 0 Å². The highest BCUT2D eigenvalue weighted by atomic mass is 16.5. The molecule has 0 N–H and O–H groups in total. The number of para-hydroxylation sites is 1. The van der Waals surface area contributed by atoms with E-state index >= 15 is 0 Å². The molecule has 5 rings (SSSR count). The lowest BCUT2D eigenvalue weighted by atomic mass is 9.77. The molecule has 168 valence electrons. The molecule has 0 bridgehead atoms. The number of methoxy groups -OCH3 is 1. The largest absolute Gasteiger partial charge is 0.497 e. The van der Waals surface area contributed by atoms with Crippen molar-refractivity contribution in [3.8, 4) is 5.75 Å². The predicted molar refractivity (Wildman–Crippen MR) is 122 cm³/mol. The topological polar surface area (TPSA) is 59.1 Å². The SMILES string of the molecule is COc1ccc(C2(C(=O)N3CC[C@@]4(C3)CN(c3ccccc3)C(=O)CO4)CCCC2)cc1. The lowest BCUT2D eigenvalue weighted by molar-refractivity contribution is -0.141. The quantitative estimate of drug-likeness (QED) is 0.739. The van der Waals surface area contributed by atoms with Crippen LogP contribution in [0.4, 0.5) is 5.69 Å². The Hall–Kier alpha value is -2.86. The Morgan fingerprint density at radius 3 is 2.38 bits per heavy atom. The van der Waals surface area contributed by atoms with E-state index in [2.05, 4.69) is 0 Å². The molecule has 2 aromatic carbocycles. The fourth-order valence-electron chi connectivity index (χ4n) is 5.64. The molecule has 2 heterocycles. The first kappa shape index (κ1) is 21.0. The molecule has 6 heteroatoms. The predicted octanol–water partition coefficient (Wildman–Crippen LogP) is 3.54. The van der Waals surface area contributed by atoms with Gasteiger partial charge in [-0.2, -0.15) is 0 Å². The number of carbonyl (C=O) groups excluding carboxylic acids is 2. The van der Waals surface area contributed by atoms with Gasteiger partial charge in [0, 0.05) is 12.2 Å². The zero-order valence-electron chi connectivity index (χ0n) is 18.6. The molecule has 32 heavy (non-hydrogen) atoms. The summed E-state index contributed by atoms with van der Waals surface area (Å²) in [5.41, 5.74) is 0.989. The smallest absolute Gasteiger partial charge is 0.253 e. The van der Waals surface area contributed by atoms with Gasteiger partial charge < -0.3 is 19.3 Å². The van der Waals surface area contributed by atoms with Crippen molar-refractivity contribution in [2.75, 3.05) is 38.3 Å². The molecule has 0 aromatic heterocycles. The monoisotopic (exact) mass is 434 g/mol. The van der Waals surface area contributed by atoms with Crippen molar-refractivity contribution in [1.82, 2.24) is 4.90 Å². The minimum absolute atomic E-state index is 0.0305. The second kappa shape index (κ2) is 8.24. The molecule has 2 aromatic rings. The van der Waals surface area contributed by atoms with Crippen LogP contribution < -0.4 is 9.64 Å². The van der Waals surface area contributed by atoms with E-state index in [-0.39, 0.29) is 18.4 Å². The minimum Gasteiger partial charge on any atom is -0.497 e. The number of morpholine rings is 1. The molecule has 2 aliphatic heterocycles. The van der Waals surface area contributed by atoms with Crippen LogP contribution in [0.3, 0.4) is 0 Å². The molecule has 1 aliphatic carbocycles. The average molecular weight is 435 g/mol. The molecule has 6 nitrogen and oxygen atoms in total. The Morgan fingerprint density at radius 2 is 1.69 bits per heavy atom. The summed E-state index contributed by atoms with van der Waals surface area (Å²) in [6.07, 6.45) is 4.61. The fourth-order valence-corrected chi connectivity index (χ4v) is 5.64. The van der Waals surface area contributed by atoms with E-state index in [1.165, 1.54) is 0 Å². The van der Waals surface area contributed by atoms with E-state index in [4.69, 9.17) is 9.47 Å². The summed E-state index contributed by atoms with van der Waals surface area (Å²) in [7, 11) is 1.66. The number of benzene rings is 2. The van der Waals surface area contributed by atoms with Crippen LogP contribution in [0.2, 0.25) is 0 Å². The standard InChI is InChI=1S/C26H30N2O4/c1-31-22-11-9-20(10-12-22)26(13-5-6-14-26)24(30)27-16-15-25(18-27)19-28(23(29)17-32-25)21-7-3-2-4-8-21/h2-4,7-12H,5-6,13-19H2,1H3/t25-/m1/s1. The van der Waals surface area contributed by atoms with Gasteiger partial charge >= 0.3 is 0 Å². The zero-order valence-corrected chi connectivity index (χ0v) is 18.6. The lowest BCUT2D eigenvalue weighted by Crippen LogP contribution is -2.57. The first-order valence-electron chi connectivity index (χ1n) is 11.5. The molecule has 0 radical (unpaired) electrons. The molecule has 2 saturated heterocycles. The number of hydrogen-bond acceptors (Lipinski definition) is 4. The van der Waals surface area contributed by atoms with Crippen LogP contribution in [-0.2, 0) is 19.7 Å². The van der Waals surface area contributed by atoms with E-state index in [9.17, 15) is 9.59 Å². The fraction of sp³-hybridized carbons (Fsp3) is 0.462. The normalized spacial score (nSPS) is 24.8. The Balaban J connectivity index is 1.37. The second-order valence-corrected chi connectivity index (χ2v) is 9.28. The summed E-state index contributed by atoms with van der Waals surface area (Å²) in [5.74, 6) is 0.969. The van der Waals surface area contributed by atoms with E-state index in [1.54, 1.807) is 7.11 Å². The Bertz CT molecular complexity index is 985. The number of anilines is 1. The molecule has 2 amide bonds. The van der Waals surface area contributed by atoms with Gasteiger partial charge in [-0.25, -0.2) is 0 Å². The van der Waals surface area contributed by atoms with Gasteiger partial charge in [-0.05, 0) is 49.1 Å². The van der Waals surface area contributed by atoms with Crippen LogP contribution in [-0.4, -0.2) is 55.7 Å². The number of amides is 2. The molecule has 3 fully saturated rings. The third kappa shape index (κ3) is 3.56. The van der Waals surface area contributed by atoms with Crippen molar-refractivity contribution >= 4 is 17.5 Å². The lowest BCUT2D eigenvalue weighted by Gasteiger charge is -2.40. The first-order valence-corrected chi connectivity index (χ1v) is 11.5. The maximum Gasteiger partial charge on any atom is 0.253 e. The molecule has 1 atom stereocenters. The third-order valence-corrected chi connectivity index (χ3v) is 7.43. The van der Waals surface area contributed by atoms with E-state index in [0.717, 1.165) is 49.1 Å². The molecular formula is C26H30N2O4. The molecule has 1 saturated carbocycles. The number of carbonyl (C=O) groups is 2. The zero-order chi connectivity index (χ0) is 22.2. The van der Waals surface area contributed by atoms with E-state index in [1.807, 2.05) is 64.4 Å². The van der Waals surface area contributed by atoms with Crippen LogP contribution >= 0.6 is 0 Å². The van der Waals surface area contributed by atoms with Gasteiger partial charge in [-0.3, -0.25) is 9.59 Å². The number of hydrogen-bond donors (Lipinski definition) is 0. The van der Waals surface area contributed by atoms with Gasteiger partial charge in [0.15, 0.2) is 0 Å². The Kier molecular flexibility index (Phi) is 5.41. The third-order valence-electron chi connectivity index (χ3n) is 7.43. The van der Waals surface area contributed by atoms with Crippen LogP contribution in [0.25, 0.3) is 0 Å². The maximum absolute atomic E-state index is 13.9. The number of likely N-dealkylation sites (tertiary alicyclic amines) is 1. The highest BCUT2D eigenvalue weighted by molar-refractivity contribution is 5.95. The first-order chi connectivity index (χ1) is 15.6. The van der Waals surface area contributed by atoms with Gasteiger partial charge in [-0.1, -0.05) is 43.2 Å². The van der Waals surface area contributed by atoms with Gasteiger partial charge in [0.2, 0.25) is 5.91 Å². The number of rotatable bonds is 4. The summed E-state index contributed by atoms with van der Waals surface area (Å²) in [4.78, 5) is 30.3. The Labute approximate surface area is 189 Å². The summed E-state index contributed by atoms with van der Waals surface area (Å²) >= 11 is 0. The van der Waals surface area contributed by atoms with Crippen molar-refractivity contribution in [2.45, 2.75) is 43.1 Å². The van der Waals surface area contributed by atoms with Crippen molar-refractivity contribution in [2.24, 2.45) is 0 Å². The minimum atomic E-state index is -0.501. The van der Waals surface area contributed by atoms with Crippen molar-refractivity contribution in [3.05, 3.63) is 60.2 Å². The molecular weight excluding hydrogens is 404 g/mol. The van der Waals surface area contributed by atoms with Gasteiger partial charge in [-0.15, -0.1) is 0 Å². The van der Waals surface area contributed by atoms with Crippen LogP contribution in [0, 0.1) is 0 Å². The van der Waals surface area contributed by atoms with Gasteiger partial charge in [0.1, 0.15) is 18.0 Å². The molecule has 3 aliphatic rings. The number of ether oxygens (including phenoxy) is 2. The molecule has 1 spiro atoms. The summed E-state index contributed by atoms with van der Waals surface area (Å²) in [6, 6.07) is 17.7. The highest BCUT2D eigenvalue weighted by Crippen LogP contribution is 2.44. The summed E-state index contributed by atoms with van der Waals surface area (Å²) < 4.78 is 11.4. The average Bonchev–Trinajstić information content (AvgIpc) is 3.50. The highest BCUT2D eigenvalue weighted by Gasteiger charge is 2.51. The van der Waals surface area contributed by atoms with Crippen molar-refractivity contribution < 1.29 is 19.1 Å². The van der Waals surface area contributed by atoms with Crippen molar-refractivity contribution in [1.29, 1.82) is 0 Å². The second-order valence-electron chi connectivity index (χ2n) is 9.28. The molecule has 0 unspecified atom stereocenters. The maximum atomic E-state index is 13.9. The van der Waals surface area contributed by atoms with Crippen LogP contribution in [0.1, 0.15) is 37.7 Å². The number of nitrogens with zero attached hydrogens (tertiary/aromatic N) is 2. The van der Waals surface area contributed by atoms with Gasteiger partial charge in [0.05, 0.1) is 25.6 Å². The Morgan fingerprint density at radius 1 is 0.969 bits per heavy atom. The van der Waals surface area contributed by atoms with E-state index in [0.29, 0.717) is 19.6 Å². The van der Waals surface area contributed by atoms with Gasteiger partial charge in [0.25, 0.3) is 5.91 Å². The summed E-state index contributed by atoms with van der Waals surface area (Å²) in [5, 5.41) is 0. The summed E-state index contributed by atoms with van der Waals surface area (Å²) in [6.45, 7) is 1.73. The van der Waals surface area contributed by atoms with E-state index < -0.39 is 11.0 Å².